The van der Waals surface area contributed by atoms with Crippen molar-refractivity contribution in [3.63, 3.8) is 0 Å². The predicted octanol–water partition coefficient (Wildman–Crippen LogP) is 4.44. The minimum atomic E-state index is -4.45. The van der Waals surface area contributed by atoms with Crippen LogP contribution in [0.4, 0.5) is 29.5 Å². The predicted molar refractivity (Wildman–Crippen MR) is 114 cm³/mol. The highest BCUT2D eigenvalue weighted by Gasteiger charge is 2.30. The number of nitrogens with two attached hydrogens (primary N) is 1. The Labute approximate surface area is 182 Å². The molecule has 1 aromatic heterocycles. The van der Waals surface area contributed by atoms with Crippen LogP contribution in [0.3, 0.4) is 0 Å². The number of alkyl halides is 3. The molecule has 1 saturated heterocycles. The summed E-state index contributed by atoms with van der Waals surface area (Å²) < 4.78 is 45.5. The van der Waals surface area contributed by atoms with Crippen LogP contribution in [-0.2, 0) is 10.9 Å². The van der Waals surface area contributed by atoms with Crippen molar-refractivity contribution in [1.82, 2.24) is 15.1 Å². The average molecular weight is 445 g/mol. The summed E-state index contributed by atoms with van der Waals surface area (Å²) in [5, 5.41) is 9.97. The number of rotatable bonds is 5. The Balaban J connectivity index is 1.64. The van der Waals surface area contributed by atoms with Crippen molar-refractivity contribution in [3.8, 4) is 16.9 Å². The van der Waals surface area contributed by atoms with E-state index in [-0.39, 0.29) is 17.6 Å². The third-order valence-corrected chi connectivity index (χ3v) is 5.16. The molecule has 1 fully saturated rings. The van der Waals surface area contributed by atoms with E-state index in [0.29, 0.717) is 30.1 Å². The molecule has 2 heterocycles. The molecule has 7 nitrogen and oxygen atoms in total. The van der Waals surface area contributed by atoms with E-state index in [9.17, 15) is 18.0 Å². The van der Waals surface area contributed by atoms with Gasteiger partial charge in [-0.05, 0) is 37.1 Å². The van der Waals surface area contributed by atoms with Gasteiger partial charge in [0.2, 0.25) is 0 Å². The number of urea groups is 1. The van der Waals surface area contributed by atoms with E-state index in [1.807, 2.05) is 18.2 Å². The molecule has 0 spiro atoms. The summed E-state index contributed by atoms with van der Waals surface area (Å²) in [6.07, 6.45) is -2.64. The number of carbonyl (C=O) groups excluding carboxylic acids is 1. The van der Waals surface area contributed by atoms with Gasteiger partial charge in [-0.2, -0.15) is 18.3 Å². The second-order valence-electron chi connectivity index (χ2n) is 7.40. The summed E-state index contributed by atoms with van der Waals surface area (Å²) in [7, 11) is 0. The Hall–Kier alpha value is -3.53. The lowest BCUT2D eigenvalue weighted by molar-refractivity contribution is -0.137. The second-order valence-corrected chi connectivity index (χ2v) is 7.40. The Morgan fingerprint density at radius 2 is 1.88 bits per heavy atom. The van der Waals surface area contributed by atoms with Crippen molar-refractivity contribution in [2.24, 2.45) is 0 Å². The van der Waals surface area contributed by atoms with E-state index < -0.39 is 17.8 Å². The monoisotopic (exact) mass is 445 g/mol. The molecule has 0 unspecified atom stereocenters. The number of ether oxygens (including phenoxy) is 1. The maximum absolute atomic E-state index is 12.9. The topological polar surface area (TPSA) is 94.2 Å². The number of nitrogen functional groups attached to an aromatic ring is 1. The standard InChI is InChI=1S/C22H22F3N5O2/c23-22(24,25)15-8-10-16(11-9-15)30-20(26)19(18(29-30)14-5-2-1-3-6-14)28-21(31)27-13-17-7-4-12-32-17/h1-3,5-6,8-11,17H,4,7,12-13,26H2,(H2,27,28,31)/t17-/m1/s1. The van der Waals surface area contributed by atoms with Crippen molar-refractivity contribution in [2.75, 3.05) is 24.2 Å². The Bertz CT molecular complexity index is 1080. The first-order chi connectivity index (χ1) is 15.3. The van der Waals surface area contributed by atoms with Crippen LogP contribution in [0.15, 0.2) is 54.6 Å². The van der Waals surface area contributed by atoms with Gasteiger partial charge in [-0.15, -0.1) is 0 Å². The molecule has 10 heteroatoms. The van der Waals surface area contributed by atoms with E-state index in [4.69, 9.17) is 10.5 Å². The fraction of sp³-hybridized carbons (Fsp3) is 0.273. The van der Waals surface area contributed by atoms with Crippen LogP contribution < -0.4 is 16.4 Å². The minimum Gasteiger partial charge on any atom is -0.382 e. The third-order valence-electron chi connectivity index (χ3n) is 5.16. The first kappa shape index (κ1) is 21.7. The molecule has 1 aliphatic rings. The van der Waals surface area contributed by atoms with Crippen LogP contribution in [0, 0.1) is 0 Å². The summed E-state index contributed by atoms with van der Waals surface area (Å²) >= 11 is 0. The average Bonchev–Trinajstić information content (AvgIpc) is 3.41. The molecule has 2 amide bonds. The maximum Gasteiger partial charge on any atom is 0.416 e. The number of aromatic nitrogens is 2. The van der Waals surface area contributed by atoms with Gasteiger partial charge in [0.1, 0.15) is 11.4 Å². The van der Waals surface area contributed by atoms with Gasteiger partial charge in [-0.1, -0.05) is 30.3 Å². The molecule has 1 atom stereocenters. The first-order valence-electron chi connectivity index (χ1n) is 10.1. The third kappa shape index (κ3) is 4.70. The number of hydrogen-bond donors (Lipinski definition) is 3. The highest BCUT2D eigenvalue weighted by Crippen LogP contribution is 2.35. The molecule has 2 aromatic carbocycles. The highest BCUT2D eigenvalue weighted by atomic mass is 19.4. The summed E-state index contributed by atoms with van der Waals surface area (Å²) in [5.74, 6) is 0.0934. The number of anilines is 2. The zero-order valence-corrected chi connectivity index (χ0v) is 17.0. The Morgan fingerprint density at radius 3 is 2.50 bits per heavy atom. The van der Waals surface area contributed by atoms with Gasteiger partial charge >= 0.3 is 12.2 Å². The van der Waals surface area contributed by atoms with Gasteiger partial charge in [0.05, 0.1) is 17.4 Å². The van der Waals surface area contributed by atoms with Crippen LogP contribution in [0.25, 0.3) is 16.9 Å². The molecule has 3 aromatic rings. The molecule has 0 bridgehead atoms. The molecule has 0 radical (unpaired) electrons. The quantitative estimate of drug-likeness (QED) is 0.541. The van der Waals surface area contributed by atoms with Gasteiger partial charge in [0, 0.05) is 18.7 Å². The second kappa shape index (κ2) is 8.91. The molecule has 4 rings (SSSR count). The van der Waals surface area contributed by atoms with Crippen LogP contribution in [0.1, 0.15) is 18.4 Å². The molecule has 0 saturated carbocycles. The number of benzene rings is 2. The fourth-order valence-electron chi connectivity index (χ4n) is 3.51. The summed E-state index contributed by atoms with van der Waals surface area (Å²) in [6.45, 7) is 1.04. The van der Waals surface area contributed by atoms with Crippen molar-refractivity contribution >= 4 is 17.5 Å². The highest BCUT2D eigenvalue weighted by molar-refractivity contribution is 5.97. The lowest BCUT2D eigenvalue weighted by Crippen LogP contribution is -2.35. The summed E-state index contributed by atoms with van der Waals surface area (Å²) in [4.78, 5) is 12.5. The fourth-order valence-corrected chi connectivity index (χ4v) is 3.51. The normalized spacial score (nSPS) is 16.2. The van der Waals surface area contributed by atoms with Crippen molar-refractivity contribution in [3.05, 3.63) is 60.2 Å². The van der Waals surface area contributed by atoms with E-state index in [2.05, 4.69) is 15.7 Å². The number of nitrogens with zero attached hydrogens (tertiary/aromatic N) is 2. The van der Waals surface area contributed by atoms with E-state index in [0.717, 1.165) is 25.0 Å². The number of halogens is 3. The largest absolute Gasteiger partial charge is 0.416 e. The van der Waals surface area contributed by atoms with Gasteiger partial charge in [-0.25, -0.2) is 9.48 Å². The van der Waals surface area contributed by atoms with E-state index in [1.54, 1.807) is 12.1 Å². The van der Waals surface area contributed by atoms with Gasteiger partial charge < -0.3 is 21.1 Å². The van der Waals surface area contributed by atoms with Crippen LogP contribution in [-0.4, -0.2) is 35.1 Å². The molecule has 168 valence electrons. The SMILES string of the molecule is Nc1c(NC(=O)NC[C@H]2CCCO2)c(-c2ccccc2)nn1-c1ccc(C(F)(F)F)cc1. The molecule has 32 heavy (non-hydrogen) atoms. The van der Waals surface area contributed by atoms with Crippen LogP contribution in [0.2, 0.25) is 0 Å². The van der Waals surface area contributed by atoms with Gasteiger partial charge in [-0.3, -0.25) is 0 Å². The number of carbonyl (C=O) groups is 1. The van der Waals surface area contributed by atoms with Crippen molar-refractivity contribution < 1.29 is 22.7 Å². The lowest BCUT2D eigenvalue weighted by Gasteiger charge is -2.12. The minimum absolute atomic E-state index is 0.0263. The smallest absolute Gasteiger partial charge is 0.382 e. The Morgan fingerprint density at radius 1 is 1.16 bits per heavy atom. The van der Waals surface area contributed by atoms with Crippen LogP contribution in [0.5, 0.6) is 0 Å². The van der Waals surface area contributed by atoms with E-state index >= 15 is 0 Å². The molecular formula is C22H22F3N5O2. The van der Waals surface area contributed by atoms with Crippen molar-refractivity contribution in [2.45, 2.75) is 25.1 Å². The zero-order valence-electron chi connectivity index (χ0n) is 17.0. The maximum atomic E-state index is 12.9. The Kier molecular flexibility index (Phi) is 6.04. The van der Waals surface area contributed by atoms with E-state index in [1.165, 1.54) is 16.8 Å². The number of nitrogens with one attached hydrogen (secondary N) is 2. The zero-order chi connectivity index (χ0) is 22.7. The first-order valence-corrected chi connectivity index (χ1v) is 10.1. The molecule has 4 N–H and O–H groups in total. The number of hydrogen-bond acceptors (Lipinski definition) is 4. The summed E-state index contributed by atoms with van der Waals surface area (Å²) in [6, 6.07) is 13.1. The van der Waals surface area contributed by atoms with Gasteiger partial charge in [0.15, 0.2) is 5.82 Å². The lowest BCUT2D eigenvalue weighted by atomic mass is 10.1. The van der Waals surface area contributed by atoms with Gasteiger partial charge in [0.25, 0.3) is 0 Å². The van der Waals surface area contributed by atoms with Crippen LogP contribution >= 0.6 is 0 Å². The molecular weight excluding hydrogens is 423 g/mol. The summed E-state index contributed by atoms with van der Waals surface area (Å²) in [5.41, 5.74) is 7.19. The molecule has 0 aliphatic carbocycles. The number of amides is 2. The van der Waals surface area contributed by atoms with Crippen molar-refractivity contribution in [1.29, 1.82) is 0 Å². The molecule has 1 aliphatic heterocycles.